The molecule has 0 aliphatic carbocycles. The molecule has 8 nitrogen and oxygen atoms in total. The van der Waals surface area contributed by atoms with Gasteiger partial charge in [0.1, 0.15) is 5.75 Å². The molecule has 32 heavy (non-hydrogen) atoms. The van der Waals surface area contributed by atoms with Gasteiger partial charge in [-0.15, -0.1) is 0 Å². The van der Waals surface area contributed by atoms with E-state index in [9.17, 15) is 9.59 Å². The number of fused-ring (bicyclic) bond motifs is 1. The zero-order valence-electron chi connectivity index (χ0n) is 17.9. The molecule has 164 valence electrons. The third kappa shape index (κ3) is 4.09. The monoisotopic (exact) mass is 451 g/mol. The predicted octanol–water partition coefficient (Wildman–Crippen LogP) is 3.93. The first-order valence-corrected chi connectivity index (χ1v) is 10.5. The molecule has 0 bridgehead atoms. The van der Waals surface area contributed by atoms with Crippen LogP contribution in [-0.2, 0) is 6.54 Å². The van der Waals surface area contributed by atoms with E-state index in [-0.39, 0.29) is 29.7 Å². The topological polar surface area (TPSA) is 92.6 Å². The minimum Gasteiger partial charge on any atom is -0.494 e. The number of amides is 1. The number of halogens is 1. The highest BCUT2D eigenvalue weighted by Crippen LogP contribution is 2.23. The molecule has 0 aliphatic rings. The molecule has 2 aromatic carbocycles. The van der Waals surface area contributed by atoms with Crippen LogP contribution >= 0.6 is 11.6 Å². The smallest absolute Gasteiger partial charge is 0.277 e. The minimum atomic E-state index is -0.356. The zero-order chi connectivity index (χ0) is 22.8. The lowest BCUT2D eigenvalue weighted by Gasteiger charge is -2.20. The molecule has 0 spiro atoms. The lowest BCUT2D eigenvalue weighted by molar-refractivity contribution is 0.0983. The number of carbonyl (C=O) groups excluding carboxylic acids is 1. The van der Waals surface area contributed by atoms with Crippen molar-refractivity contribution in [1.29, 1.82) is 0 Å². The van der Waals surface area contributed by atoms with E-state index in [4.69, 9.17) is 16.3 Å². The van der Waals surface area contributed by atoms with Crippen molar-refractivity contribution in [2.45, 2.75) is 27.3 Å². The number of H-pyrrole nitrogens is 1. The van der Waals surface area contributed by atoms with Gasteiger partial charge in [0.25, 0.3) is 17.2 Å². The van der Waals surface area contributed by atoms with Gasteiger partial charge in [-0.2, -0.15) is 9.50 Å². The third-order valence-corrected chi connectivity index (χ3v) is 5.46. The van der Waals surface area contributed by atoms with Crippen LogP contribution in [0, 0.1) is 13.8 Å². The van der Waals surface area contributed by atoms with Gasteiger partial charge in [-0.25, -0.2) is 4.98 Å². The number of aromatic amines is 1. The third-order valence-electron chi connectivity index (χ3n) is 5.13. The Labute approximate surface area is 189 Å². The molecule has 0 fully saturated rings. The molecule has 1 amide bonds. The number of hydrogen-bond acceptors (Lipinski definition) is 5. The molecule has 0 saturated heterocycles. The van der Waals surface area contributed by atoms with Crippen LogP contribution in [0.5, 0.6) is 5.75 Å². The number of carbonyl (C=O) groups is 1. The molecule has 0 atom stereocenters. The molecular formula is C23H22ClN5O3. The fourth-order valence-electron chi connectivity index (χ4n) is 3.28. The van der Waals surface area contributed by atoms with Crippen molar-refractivity contribution in [3.8, 4) is 5.75 Å². The van der Waals surface area contributed by atoms with Crippen molar-refractivity contribution in [3.05, 3.63) is 86.3 Å². The number of rotatable bonds is 6. The number of ether oxygens (including phenoxy) is 1. The van der Waals surface area contributed by atoms with Crippen LogP contribution in [0.2, 0.25) is 5.02 Å². The number of nitrogens with zero attached hydrogens (tertiary/aromatic N) is 4. The second kappa shape index (κ2) is 8.84. The van der Waals surface area contributed by atoms with E-state index in [1.807, 2.05) is 31.2 Å². The second-order valence-corrected chi connectivity index (χ2v) is 7.67. The van der Waals surface area contributed by atoms with Gasteiger partial charge in [-0.3, -0.25) is 19.6 Å². The van der Waals surface area contributed by atoms with Crippen molar-refractivity contribution in [2.24, 2.45) is 0 Å². The summed E-state index contributed by atoms with van der Waals surface area (Å²) in [7, 11) is 0. The number of anilines is 1. The predicted molar refractivity (Wildman–Crippen MR) is 123 cm³/mol. The summed E-state index contributed by atoms with van der Waals surface area (Å²) >= 11 is 6.29. The molecule has 9 heteroatoms. The quantitative estimate of drug-likeness (QED) is 0.479. The first-order chi connectivity index (χ1) is 15.4. The van der Waals surface area contributed by atoms with Gasteiger partial charge in [-0.05, 0) is 50.6 Å². The van der Waals surface area contributed by atoms with Gasteiger partial charge in [0.2, 0.25) is 5.95 Å². The average Bonchev–Trinajstić information content (AvgIpc) is 3.21. The van der Waals surface area contributed by atoms with Crippen molar-refractivity contribution < 1.29 is 9.53 Å². The van der Waals surface area contributed by atoms with Gasteiger partial charge in [-0.1, -0.05) is 35.9 Å². The standard InChI is InChI=1S/C23H22ClN5O3/c1-4-32-17-11-9-16(10-12-17)13-28(21(31)18-7-5-6-8-19(18)24)23-26-22-25-15(3)14(2)20(30)29(22)27-23/h5-12H,4,13H2,1-3H3,(H,25,26,27). The summed E-state index contributed by atoms with van der Waals surface area (Å²) < 4.78 is 6.73. The van der Waals surface area contributed by atoms with Gasteiger partial charge >= 0.3 is 0 Å². The lowest BCUT2D eigenvalue weighted by Crippen LogP contribution is -2.32. The van der Waals surface area contributed by atoms with E-state index in [0.29, 0.717) is 28.5 Å². The summed E-state index contributed by atoms with van der Waals surface area (Å²) in [6.07, 6.45) is 0. The fraction of sp³-hybridized carbons (Fsp3) is 0.217. The highest BCUT2D eigenvalue weighted by Gasteiger charge is 2.24. The molecule has 0 saturated carbocycles. The number of benzene rings is 2. The summed E-state index contributed by atoms with van der Waals surface area (Å²) in [5.74, 6) is 0.769. The van der Waals surface area contributed by atoms with Gasteiger partial charge < -0.3 is 4.74 Å². The van der Waals surface area contributed by atoms with Crippen molar-refractivity contribution in [1.82, 2.24) is 19.6 Å². The SMILES string of the molecule is CCOc1ccc(CN(C(=O)c2ccccc2Cl)c2nc3nc(C)c(C)c(=O)n3[nH]2)cc1. The molecule has 2 heterocycles. The van der Waals surface area contributed by atoms with Crippen LogP contribution < -0.4 is 15.2 Å². The Hall–Kier alpha value is -3.65. The number of aromatic nitrogens is 4. The second-order valence-electron chi connectivity index (χ2n) is 7.26. The van der Waals surface area contributed by atoms with Crippen LogP contribution in [0.3, 0.4) is 0 Å². The van der Waals surface area contributed by atoms with Crippen molar-refractivity contribution >= 4 is 29.2 Å². The highest BCUT2D eigenvalue weighted by atomic mass is 35.5. The Bertz CT molecular complexity index is 1340. The zero-order valence-corrected chi connectivity index (χ0v) is 18.7. The van der Waals surface area contributed by atoms with E-state index in [1.165, 1.54) is 9.42 Å². The van der Waals surface area contributed by atoms with E-state index in [1.54, 1.807) is 38.1 Å². The first kappa shape index (κ1) is 21.6. The van der Waals surface area contributed by atoms with E-state index in [0.717, 1.165) is 11.3 Å². The number of hydrogen-bond donors (Lipinski definition) is 1. The maximum atomic E-state index is 13.5. The van der Waals surface area contributed by atoms with Crippen LogP contribution in [-0.4, -0.2) is 32.1 Å². The molecule has 2 aromatic heterocycles. The largest absolute Gasteiger partial charge is 0.494 e. The first-order valence-electron chi connectivity index (χ1n) is 10.1. The highest BCUT2D eigenvalue weighted by molar-refractivity contribution is 6.34. The van der Waals surface area contributed by atoms with Crippen LogP contribution in [0.1, 0.15) is 34.1 Å². The van der Waals surface area contributed by atoms with Gasteiger partial charge in [0.15, 0.2) is 0 Å². The van der Waals surface area contributed by atoms with E-state index >= 15 is 0 Å². The summed E-state index contributed by atoms with van der Waals surface area (Å²) in [6, 6.07) is 14.2. The molecule has 1 N–H and O–H groups in total. The van der Waals surface area contributed by atoms with Gasteiger partial charge in [0, 0.05) is 11.3 Å². The lowest BCUT2D eigenvalue weighted by atomic mass is 10.1. The van der Waals surface area contributed by atoms with Gasteiger partial charge in [0.05, 0.1) is 23.7 Å². The van der Waals surface area contributed by atoms with E-state index < -0.39 is 0 Å². The summed E-state index contributed by atoms with van der Waals surface area (Å²) in [6.45, 7) is 6.12. The molecule has 0 radical (unpaired) electrons. The molecule has 0 unspecified atom stereocenters. The van der Waals surface area contributed by atoms with Crippen molar-refractivity contribution in [3.63, 3.8) is 0 Å². The van der Waals surface area contributed by atoms with E-state index in [2.05, 4.69) is 15.1 Å². The Morgan fingerprint density at radius 2 is 1.84 bits per heavy atom. The minimum absolute atomic E-state index is 0.191. The Morgan fingerprint density at radius 3 is 2.53 bits per heavy atom. The molecular weight excluding hydrogens is 430 g/mol. The maximum Gasteiger partial charge on any atom is 0.277 e. The summed E-state index contributed by atoms with van der Waals surface area (Å²) in [4.78, 5) is 36.4. The number of aryl methyl sites for hydroxylation is 1. The molecule has 4 rings (SSSR count). The Kier molecular flexibility index (Phi) is 5.96. The Balaban J connectivity index is 1.79. The van der Waals surface area contributed by atoms with Crippen LogP contribution in [0.25, 0.3) is 5.78 Å². The number of nitrogens with one attached hydrogen (secondary N) is 1. The molecule has 4 aromatic rings. The maximum absolute atomic E-state index is 13.5. The molecule has 0 aliphatic heterocycles. The summed E-state index contributed by atoms with van der Waals surface area (Å²) in [5.41, 5.74) is 2.00. The van der Waals surface area contributed by atoms with Crippen LogP contribution in [0.4, 0.5) is 5.95 Å². The summed E-state index contributed by atoms with van der Waals surface area (Å²) in [5, 5.41) is 3.25. The fourth-order valence-corrected chi connectivity index (χ4v) is 3.49. The normalized spacial score (nSPS) is 11.0. The Morgan fingerprint density at radius 1 is 1.12 bits per heavy atom. The van der Waals surface area contributed by atoms with Crippen molar-refractivity contribution in [2.75, 3.05) is 11.5 Å². The average molecular weight is 452 g/mol. The van der Waals surface area contributed by atoms with Crippen LogP contribution in [0.15, 0.2) is 53.3 Å².